The summed E-state index contributed by atoms with van der Waals surface area (Å²) >= 11 is 0. The number of allylic oxidation sites excluding steroid dienone is 1. The minimum Gasteiger partial charge on any atom is -0.438 e. The van der Waals surface area contributed by atoms with Crippen LogP contribution in [0, 0.1) is 21.4 Å². The summed E-state index contributed by atoms with van der Waals surface area (Å²) in [5.41, 5.74) is 1.79. The first-order valence-corrected chi connectivity index (χ1v) is 9.24. The second kappa shape index (κ2) is 6.87. The summed E-state index contributed by atoms with van der Waals surface area (Å²) in [5.74, 6) is 0.499. The van der Waals surface area contributed by atoms with Crippen molar-refractivity contribution in [1.29, 1.82) is 5.26 Å². The van der Waals surface area contributed by atoms with Crippen LogP contribution >= 0.6 is 0 Å². The van der Waals surface area contributed by atoms with Gasteiger partial charge >= 0.3 is 0 Å². The van der Waals surface area contributed by atoms with Gasteiger partial charge in [0.15, 0.2) is 0 Å². The summed E-state index contributed by atoms with van der Waals surface area (Å²) in [6.45, 7) is 0. The molecule has 0 N–H and O–H groups in total. The van der Waals surface area contributed by atoms with E-state index < -0.39 is 10.8 Å². The van der Waals surface area contributed by atoms with Gasteiger partial charge in [-0.15, -0.1) is 0 Å². The van der Waals surface area contributed by atoms with Gasteiger partial charge in [-0.3, -0.25) is 19.7 Å². The average molecular weight is 394 g/mol. The number of nitriles is 1. The van der Waals surface area contributed by atoms with Crippen LogP contribution in [0.5, 0.6) is 5.75 Å². The fraction of sp³-hybridized carbons (Fsp3) is 0.0435. The van der Waals surface area contributed by atoms with Crippen LogP contribution in [0.4, 0.5) is 5.69 Å². The molecule has 0 saturated carbocycles. The molecular weight excluding hydrogens is 380 g/mol. The molecule has 7 heteroatoms. The second-order valence-electron chi connectivity index (χ2n) is 6.89. The Morgan fingerprint density at radius 3 is 2.73 bits per heavy atom. The lowest BCUT2D eigenvalue weighted by Gasteiger charge is -2.29. The molecule has 5 rings (SSSR count). The first-order chi connectivity index (χ1) is 14.7. The second-order valence-corrected chi connectivity index (χ2v) is 6.89. The van der Waals surface area contributed by atoms with E-state index in [-0.39, 0.29) is 5.69 Å². The Hall–Kier alpha value is -4.44. The van der Waals surface area contributed by atoms with E-state index in [1.165, 1.54) is 12.1 Å². The number of ether oxygens (including phenoxy) is 1. The van der Waals surface area contributed by atoms with E-state index in [2.05, 4.69) is 11.1 Å². The Morgan fingerprint density at radius 1 is 1.13 bits per heavy atom. The highest BCUT2D eigenvalue weighted by Gasteiger charge is 2.34. The van der Waals surface area contributed by atoms with Crippen molar-refractivity contribution < 1.29 is 9.66 Å². The Balaban J connectivity index is 1.83. The fourth-order valence-electron chi connectivity index (χ4n) is 3.87. The molecule has 1 aliphatic heterocycles. The number of benzene rings is 2. The summed E-state index contributed by atoms with van der Waals surface area (Å²) in [6.07, 6.45) is 7.04. The van der Waals surface area contributed by atoms with E-state index >= 15 is 0 Å². The minimum atomic E-state index is -0.506. The van der Waals surface area contributed by atoms with Crippen molar-refractivity contribution in [3.63, 3.8) is 0 Å². The average Bonchev–Trinajstić information content (AvgIpc) is 3.32. The van der Waals surface area contributed by atoms with Gasteiger partial charge < -0.3 is 4.74 Å². The summed E-state index contributed by atoms with van der Waals surface area (Å²) in [6, 6.07) is 18.0. The monoisotopic (exact) mass is 394 g/mol. The van der Waals surface area contributed by atoms with Crippen molar-refractivity contribution in [1.82, 2.24) is 9.55 Å². The van der Waals surface area contributed by atoms with Gasteiger partial charge in [-0.25, -0.2) is 0 Å². The molecule has 2 aromatic carbocycles. The van der Waals surface area contributed by atoms with Gasteiger partial charge in [0.25, 0.3) is 5.69 Å². The van der Waals surface area contributed by atoms with Crippen molar-refractivity contribution in [2.24, 2.45) is 0 Å². The van der Waals surface area contributed by atoms with Crippen molar-refractivity contribution in [3.8, 4) is 11.8 Å². The number of rotatable bonds is 3. The lowest BCUT2D eigenvalue weighted by molar-refractivity contribution is -0.384. The van der Waals surface area contributed by atoms with Gasteiger partial charge in [-0.1, -0.05) is 24.3 Å². The van der Waals surface area contributed by atoms with Gasteiger partial charge in [-0.2, -0.15) is 5.26 Å². The topological polar surface area (TPSA) is 94.0 Å². The van der Waals surface area contributed by atoms with Crippen LogP contribution < -0.4 is 4.74 Å². The van der Waals surface area contributed by atoms with E-state index in [0.29, 0.717) is 22.8 Å². The standard InChI is InChI=1S/C23H14N4O3/c24-13-20-21(15-4-3-5-17(12-15)27(28)29)19-7-6-16-14-25-9-8-18(16)22(19)30-23(20)26-10-1-2-11-26/h1-12,14,21H. The van der Waals surface area contributed by atoms with E-state index in [9.17, 15) is 15.4 Å². The highest BCUT2D eigenvalue weighted by atomic mass is 16.6. The number of pyridine rings is 1. The maximum absolute atomic E-state index is 11.4. The first kappa shape index (κ1) is 17.6. The number of aromatic nitrogens is 2. The van der Waals surface area contributed by atoms with Crippen molar-refractivity contribution in [2.45, 2.75) is 5.92 Å². The number of nitrogens with zero attached hydrogens (tertiary/aromatic N) is 4. The molecule has 7 nitrogen and oxygen atoms in total. The lowest BCUT2D eigenvalue weighted by atomic mass is 9.82. The summed E-state index contributed by atoms with van der Waals surface area (Å²) in [5, 5.41) is 23.2. The largest absolute Gasteiger partial charge is 0.438 e. The van der Waals surface area contributed by atoms with Gasteiger partial charge in [0.2, 0.25) is 5.88 Å². The number of fused-ring (bicyclic) bond motifs is 3. The molecule has 1 atom stereocenters. The number of hydrogen-bond donors (Lipinski definition) is 0. The Kier molecular flexibility index (Phi) is 4.04. The molecule has 144 valence electrons. The Labute approximate surface area is 171 Å². The predicted octanol–water partition coefficient (Wildman–Crippen LogP) is 4.86. The number of nitro benzene ring substituents is 1. The zero-order valence-corrected chi connectivity index (χ0v) is 15.6. The third-order valence-corrected chi connectivity index (χ3v) is 5.20. The van der Waals surface area contributed by atoms with E-state index in [1.54, 1.807) is 41.5 Å². The molecule has 3 heterocycles. The third kappa shape index (κ3) is 2.71. The van der Waals surface area contributed by atoms with Crippen LogP contribution in [0.25, 0.3) is 16.7 Å². The maximum Gasteiger partial charge on any atom is 0.269 e. The third-order valence-electron chi connectivity index (χ3n) is 5.20. The van der Waals surface area contributed by atoms with Crippen LogP contribution in [0.1, 0.15) is 17.0 Å². The summed E-state index contributed by atoms with van der Waals surface area (Å²) < 4.78 is 8.02. The van der Waals surface area contributed by atoms with Crippen LogP contribution in [0.2, 0.25) is 0 Å². The lowest BCUT2D eigenvalue weighted by Crippen LogP contribution is -2.18. The molecule has 30 heavy (non-hydrogen) atoms. The smallest absolute Gasteiger partial charge is 0.269 e. The maximum atomic E-state index is 11.4. The van der Waals surface area contributed by atoms with Crippen molar-refractivity contribution >= 4 is 22.3 Å². The molecule has 0 aliphatic carbocycles. The van der Waals surface area contributed by atoms with Crippen molar-refractivity contribution in [3.05, 3.63) is 106 Å². The minimum absolute atomic E-state index is 0.0228. The van der Waals surface area contributed by atoms with Gasteiger partial charge in [0, 0.05) is 53.3 Å². The van der Waals surface area contributed by atoms with Gasteiger partial charge in [0.05, 0.1) is 10.8 Å². The molecule has 0 radical (unpaired) electrons. The molecule has 1 unspecified atom stereocenters. The zero-order valence-electron chi connectivity index (χ0n) is 15.6. The number of nitro groups is 1. The first-order valence-electron chi connectivity index (χ1n) is 9.24. The Bertz CT molecular complexity index is 1370. The predicted molar refractivity (Wildman–Crippen MR) is 111 cm³/mol. The molecule has 1 aliphatic rings. The van der Waals surface area contributed by atoms with E-state index in [4.69, 9.17) is 4.74 Å². The zero-order chi connectivity index (χ0) is 20.7. The van der Waals surface area contributed by atoms with Crippen LogP contribution in [-0.4, -0.2) is 14.5 Å². The van der Waals surface area contributed by atoms with Crippen LogP contribution in [0.3, 0.4) is 0 Å². The fourth-order valence-corrected chi connectivity index (χ4v) is 3.87. The number of hydrogen-bond acceptors (Lipinski definition) is 5. The molecule has 0 saturated heterocycles. The molecule has 4 aromatic rings. The van der Waals surface area contributed by atoms with Crippen molar-refractivity contribution in [2.75, 3.05) is 0 Å². The summed E-state index contributed by atoms with van der Waals surface area (Å²) in [4.78, 5) is 15.1. The SMILES string of the molecule is N#CC1=C(n2cccc2)Oc2c(ccc3cnccc23)C1c1cccc([N+](=O)[O-])c1. The molecule has 0 bridgehead atoms. The normalized spacial score (nSPS) is 15.4. The van der Waals surface area contributed by atoms with Gasteiger partial charge in [0.1, 0.15) is 17.4 Å². The summed E-state index contributed by atoms with van der Waals surface area (Å²) in [7, 11) is 0. The quantitative estimate of drug-likeness (QED) is 0.365. The number of non-ortho nitro benzene ring substituents is 1. The van der Waals surface area contributed by atoms with E-state index in [0.717, 1.165) is 16.3 Å². The molecule has 2 aromatic heterocycles. The molecule has 0 fully saturated rings. The van der Waals surface area contributed by atoms with Crippen LogP contribution in [-0.2, 0) is 0 Å². The molecule has 0 amide bonds. The molecular formula is C23H14N4O3. The van der Waals surface area contributed by atoms with E-state index in [1.807, 2.05) is 30.3 Å². The van der Waals surface area contributed by atoms with Gasteiger partial charge in [-0.05, 0) is 23.8 Å². The highest BCUT2D eigenvalue weighted by Crippen LogP contribution is 2.47. The Morgan fingerprint density at radius 2 is 1.97 bits per heavy atom. The highest BCUT2D eigenvalue weighted by molar-refractivity contribution is 5.91. The molecule has 0 spiro atoms. The van der Waals surface area contributed by atoms with Crippen LogP contribution in [0.15, 0.2) is 85.0 Å².